The molecule has 3 fully saturated rings. The van der Waals surface area contributed by atoms with Crippen molar-refractivity contribution in [3.05, 3.63) is 24.3 Å². The van der Waals surface area contributed by atoms with Gasteiger partial charge < -0.3 is 67.8 Å². The molecule has 15 heteroatoms. The first kappa shape index (κ1) is 48.8. The van der Waals surface area contributed by atoms with Crippen LogP contribution >= 0.6 is 0 Å². The van der Waals surface area contributed by atoms with Gasteiger partial charge in [-0.3, -0.25) is 4.79 Å². The summed E-state index contributed by atoms with van der Waals surface area (Å²) in [5.41, 5.74) is -1.44. The average molecular weight is 827 g/mol. The van der Waals surface area contributed by atoms with Gasteiger partial charge in [0.15, 0.2) is 18.9 Å². The van der Waals surface area contributed by atoms with Crippen molar-refractivity contribution in [1.82, 2.24) is 9.80 Å². The molecule has 0 amide bonds. The fourth-order valence-electron chi connectivity index (χ4n) is 9.04. The molecule has 18 atom stereocenters. The van der Waals surface area contributed by atoms with Crippen molar-refractivity contribution in [3.8, 4) is 0 Å². The fourth-order valence-corrected chi connectivity index (χ4v) is 9.04. The van der Waals surface area contributed by atoms with Gasteiger partial charge in [-0.05, 0) is 100 Å². The zero-order valence-electron chi connectivity index (χ0n) is 36.7. The van der Waals surface area contributed by atoms with Crippen molar-refractivity contribution in [1.29, 1.82) is 0 Å². The van der Waals surface area contributed by atoms with Crippen LogP contribution in [0.25, 0.3) is 0 Å². The summed E-state index contributed by atoms with van der Waals surface area (Å²) in [5.74, 6) is -0.946. The minimum absolute atomic E-state index is 0.0148. The monoisotopic (exact) mass is 827 g/mol. The summed E-state index contributed by atoms with van der Waals surface area (Å²) < 4.78 is 50.4. The quantitative estimate of drug-likeness (QED) is 0.204. The molecule has 3 N–H and O–H groups in total. The molecule has 4 aliphatic heterocycles. The van der Waals surface area contributed by atoms with E-state index in [1.54, 1.807) is 21.0 Å². The van der Waals surface area contributed by atoms with Crippen molar-refractivity contribution in [3.63, 3.8) is 0 Å². The normalized spacial score (nSPS) is 45.1. The number of carbonyl (C=O) groups is 2. The van der Waals surface area contributed by atoms with Crippen LogP contribution in [-0.2, 0) is 47.5 Å². The van der Waals surface area contributed by atoms with Crippen molar-refractivity contribution in [2.75, 3.05) is 35.3 Å². The number of aliphatic hydroxyl groups is 3. The molecule has 0 radical (unpaired) electrons. The lowest BCUT2D eigenvalue weighted by molar-refractivity contribution is -0.342. The number of carbonyl (C=O) groups excluding carboxylic acids is 2. The molecule has 0 aromatic heterocycles. The van der Waals surface area contributed by atoms with Crippen molar-refractivity contribution >= 4 is 12.3 Å². The van der Waals surface area contributed by atoms with E-state index in [1.165, 1.54) is 0 Å². The van der Waals surface area contributed by atoms with E-state index in [0.717, 1.165) is 19.1 Å². The van der Waals surface area contributed by atoms with Gasteiger partial charge in [-0.2, -0.15) is 0 Å². The summed E-state index contributed by atoms with van der Waals surface area (Å²) in [6.07, 6.45) is 2.68. The molecular formula is C43H74N2O13. The smallest absolute Gasteiger partial charge is 0.306 e. The zero-order chi connectivity index (χ0) is 42.9. The first-order chi connectivity index (χ1) is 27.4. The van der Waals surface area contributed by atoms with Crippen LogP contribution in [0.15, 0.2) is 24.3 Å². The molecule has 0 saturated carbocycles. The third-order valence-corrected chi connectivity index (χ3v) is 12.3. The minimum atomic E-state index is -1.44. The average Bonchev–Trinajstić information content (AvgIpc) is 3.13. The van der Waals surface area contributed by atoms with Crippen LogP contribution in [0, 0.1) is 11.8 Å². The zero-order valence-corrected chi connectivity index (χ0v) is 36.7. The summed E-state index contributed by atoms with van der Waals surface area (Å²) in [7, 11) is 9.29. The van der Waals surface area contributed by atoms with Crippen LogP contribution in [0.5, 0.6) is 0 Å². The lowest BCUT2D eigenvalue weighted by atomic mass is 9.83. The number of nitrogens with zero attached hydrogens (tertiary/aromatic N) is 2. The lowest BCUT2D eigenvalue weighted by Gasteiger charge is -2.50. The second-order valence-corrected chi connectivity index (χ2v) is 17.6. The summed E-state index contributed by atoms with van der Waals surface area (Å²) >= 11 is 0. The van der Waals surface area contributed by atoms with E-state index in [-0.39, 0.29) is 61.9 Å². The Balaban J connectivity index is 1.63. The Hall–Kier alpha value is -1.86. The summed E-state index contributed by atoms with van der Waals surface area (Å²) in [4.78, 5) is 29.5. The Morgan fingerprint density at radius 2 is 1.59 bits per heavy atom. The minimum Gasteiger partial charge on any atom is -0.462 e. The number of aldehydes is 1. The number of hydrogen-bond donors (Lipinski definition) is 3. The van der Waals surface area contributed by atoms with Gasteiger partial charge in [0.2, 0.25) is 0 Å². The number of methoxy groups -OCH3 is 1. The highest BCUT2D eigenvalue weighted by Gasteiger charge is 2.51. The predicted molar refractivity (Wildman–Crippen MR) is 215 cm³/mol. The van der Waals surface area contributed by atoms with Gasteiger partial charge in [-0.1, -0.05) is 31.2 Å². The van der Waals surface area contributed by atoms with E-state index in [4.69, 9.17) is 37.9 Å². The van der Waals surface area contributed by atoms with Crippen LogP contribution < -0.4 is 0 Å². The molecule has 58 heavy (non-hydrogen) atoms. The molecular weight excluding hydrogens is 752 g/mol. The number of rotatable bonds is 11. The Morgan fingerprint density at radius 1 is 0.879 bits per heavy atom. The molecule has 4 rings (SSSR count). The van der Waals surface area contributed by atoms with Crippen molar-refractivity contribution < 1.29 is 62.8 Å². The Bertz CT molecular complexity index is 1330. The highest BCUT2D eigenvalue weighted by molar-refractivity contribution is 5.69. The first-order valence-corrected chi connectivity index (χ1v) is 21.2. The number of esters is 1. The number of ether oxygens (including phenoxy) is 8. The maximum atomic E-state index is 13.0. The number of likely N-dealkylation sites (N-methyl/N-ethyl adjacent to an activating group) is 2. The predicted octanol–water partition coefficient (Wildman–Crippen LogP) is 3.35. The highest BCUT2D eigenvalue weighted by Crippen LogP contribution is 2.37. The van der Waals surface area contributed by atoms with Gasteiger partial charge in [-0.15, -0.1) is 0 Å². The third-order valence-electron chi connectivity index (χ3n) is 12.3. The fraction of sp³-hybridized carbons (Fsp3) is 0.860. The Labute approximate surface area is 346 Å². The van der Waals surface area contributed by atoms with Gasteiger partial charge in [-0.25, -0.2) is 0 Å². The van der Waals surface area contributed by atoms with Gasteiger partial charge in [0.25, 0.3) is 0 Å². The Kier molecular flexibility index (Phi) is 18.8. The van der Waals surface area contributed by atoms with E-state index in [1.807, 2.05) is 57.1 Å². The van der Waals surface area contributed by atoms with E-state index >= 15 is 0 Å². The molecule has 0 spiro atoms. The van der Waals surface area contributed by atoms with Gasteiger partial charge >= 0.3 is 5.97 Å². The molecule has 0 unspecified atom stereocenters. The van der Waals surface area contributed by atoms with E-state index < -0.39 is 79.2 Å². The number of hydrogen-bond acceptors (Lipinski definition) is 15. The third kappa shape index (κ3) is 13.1. The molecule has 4 heterocycles. The van der Waals surface area contributed by atoms with E-state index in [0.29, 0.717) is 12.8 Å². The summed E-state index contributed by atoms with van der Waals surface area (Å²) in [5, 5.41) is 33.4. The van der Waals surface area contributed by atoms with Gasteiger partial charge in [0, 0.05) is 38.8 Å². The molecule has 0 aromatic rings. The van der Waals surface area contributed by atoms with Crippen LogP contribution in [0.4, 0.5) is 0 Å². The molecule has 4 aliphatic rings. The molecule has 0 bridgehead atoms. The van der Waals surface area contributed by atoms with Gasteiger partial charge in [0.1, 0.15) is 30.7 Å². The lowest BCUT2D eigenvalue weighted by Crippen LogP contribution is -2.65. The topological polar surface area (TPSA) is 175 Å². The van der Waals surface area contributed by atoms with Crippen LogP contribution in [0.2, 0.25) is 0 Å². The summed E-state index contributed by atoms with van der Waals surface area (Å²) in [6.45, 7) is 11.0. The van der Waals surface area contributed by atoms with Crippen LogP contribution in [0.1, 0.15) is 92.9 Å². The van der Waals surface area contributed by atoms with Crippen molar-refractivity contribution in [2.45, 2.75) is 191 Å². The van der Waals surface area contributed by atoms with Crippen LogP contribution in [0.3, 0.4) is 0 Å². The molecule has 334 valence electrons. The molecule has 0 aliphatic carbocycles. The largest absolute Gasteiger partial charge is 0.462 e. The van der Waals surface area contributed by atoms with Gasteiger partial charge in [0.05, 0.1) is 48.3 Å². The van der Waals surface area contributed by atoms with E-state index in [2.05, 4.69) is 32.8 Å². The summed E-state index contributed by atoms with van der Waals surface area (Å²) in [6, 6.07) is -0.370. The molecule has 0 aromatic carbocycles. The second kappa shape index (κ2) is 22.3. The molecule has 15 nitrogen and oxygen atoms in total. The maximum absolute atomic E-state index is 13.0. The number of aliphatic hydroxyl groups excluding tert-OH is 2. The van der Waals surface area contributed by atoms with Crippen molar-refractivity contribution in [2.24, 2.45) is 11.8 Å². The maximum Gasteiger partial charge on any atom is 0.306 e. The standard InChI is InChI=1S/C43H74N2O13/c1-25-23-30(21-22-46)40(58-42-38(48)37(45(9)10)39(28(4)55-42)57-36-24-43(6,50)41(49)29(5)54-36)33(51-11)18-19-34(47)52-26(2)15-13-12-14-16-32(25)56-35-20-17-31(44(7)8)27(3)53-35/h12-14,16,22,25-33,35-42,48-50H,15,17-21,23-24H2,1-11H3/b13-12-,16-14-/t25-,26-,27-,28-,29+,30+,31+,32+,33+,35+,36+,37-,38-,39+,40-,41+,42-,43-/m1/s1. The Morgan fingerprint density at radius 3 is 2.21 bits per heavy atom. The number of cyclic esters (lactones) is 1. The highest BCUT2D eigenvalue weighted by atomic mass is 16.7. The number of allylic oxidation sites excluding steroid dienone is 2. The van der Waals surface area contributed by atoms with Crippen LogP contribution in [-0.4, -0.2) is 170 Å². The second-order valence-electron chi connectivity index (χ2n) is 17.6. The SMILES string of the molecule is CO[C@H]1CCC(=O)O[C@H](C)C/C=C\C=C/[C@H](O[C@H]2CC[C@H](N(C)C)[C@@H](C)O2)[C@H](C)C[C@H](CC=O)[C@H]1O[C@H]1O[C@H](C)[C@H](O[C@H]2C[C@@](C)(O)[C@@H](O)[C@H](C)O2)[C@H](N(C)C)[C@H]1O. The van der Waals surface area contributed by atoms with E-state index in [9.17, 15) is 24.9 Å². The first-order valence-electron chi connectivity index (χ1n) is 21.2. The molecule has 3 saturated heterocycles.